The minimum atomic E-state index is -3.53. The minimum absolute atomic E-state index is 0.0248. The van der Waals surface area contributed by atoms with Gasteiger partial charge in [-0.25, -0.2) is 13.1 Å². The zero-order valence-corrected chi connectivity index (χ0v) is 8.68. The summed E-state index contributed by atoms with van der Waals surface area (Å²) >= 11 is 0. The molecule has 0 bridgehead atoms. The smallest absolute Gasteiger partial charge is 0.225 e. The van der Waals surface area contributed by atoms with Crippen LogP contribution in [0.25, 0.3) is 0 Å². The molecule has 0 aliphatic heterocycles. The van der Waals surface area contributed by atoms with E-state index in [0.29, 0.717) is 12.8 Å². The number of nitriles is 1. The summed E-state index contributed by atoms with van der Waals surface area (Å²) in [4.78, 5) is 0. The van der Waals surface area contributed by atoms with Crippen LogP contribution < -0.4 is 4.72 Å². The summed E-state index contributed by atoms with van der Waals surface area (Å²) in [7, 11) is -3.53. The van der Waals surface area contributed by atoms with Crippen molar-refractivity contribution in [1.82, 2.24) is 4.72 Å². The lowest BCUT2D eigenvalue weighted by Crippen LogP contribution is -2.41. The van der Waals surface area contributed by atoms with E-state index in [1.165, 1.54) is 0 Å². The molecule has 1 saturated carbocycles. The van der Waals surface area contributed by atoms with Crippen LogP contribution in [-0.2, 0) is 10.0 Å². The molecule has 0 aromatic carbocycles. The molecule has 0 saturated heterocycles. The van der Waals surface area contributed by atoms with Crippen molar-refractivity contribution in [2.75, 3.05) is 12.3 Å². The summed E-state index contributed by atoms with van der Waals surface area (Å²) < 4.78 is 24.4. The Kier molecular flexibility index (Phi) is 3.48. The molecule has 1 aliphatic rings. The van der Waals surface area contributed by atoms with Crippen molar-refractivity contribution in [2.45, 2.75) is 31.3 Å². The van der Waals surface area contributed by atoms with Crippen molar-refractivity contribution in [2.24, 2.45) is 0 Å². The predicted molar refractivity (Wildman–Crippen MR) is 50.8 cm³/mol. The van der Waals surface area contributed by atoms with Gasteiger partial charge in [0.1, 0.15) is 0 Å². The van der Waals surface area contributed by atoms with Crippen LogP contribution in [-0.4, -0.2) is 31.4 Å². The third-order valence-corrected chi connectivity index (χ3v) is 3.50. The van der Waals surface area contributed by atoms with Crippen LogP contribution in [0.2, 0.25) is 0 Å². The largest absolute Gasteiger partial charge is 0.389 e. The maximum Gasteiger partial charge on any atom is 0.225 e. The molecule has 0 unspecified atom stereocenters. The van der Waals surface area contributed by atoms with E-state index in [-0.39, 0.29) is 6.54 Å². The molecule has 0 heterocycles. The predicted octanol–water partition coefficient (Wildman–Crippen LogP) is -0.266. The second kappa shape index (κ2) is 4.26. The lowest BCUT2D eigenvalue weighted by atomic mass is 10.0. The second-order valence-electron chi connectivity index (χ2n) is 3.67. The zero-order chi connectivity index (χ0) is 10.7. The highest BCUT2D eigenvalue weighted by molar-refractivity contribution is 7.89. The Morgan fingerprint density at radius 1 is 1.43 bits per heavy atom. The average Bonchev–Trinajstić information content (AvgIpc) is 2.50. The van der Waals surface area contributed by atoms with Crippen molar-refractivity contribution in [3.8, 4) is 6.07 Å². The molecule has 14 heavy (non-hydrogen) atoms. The van der Waals surface area contributed by atoms with Gasteiger partial charge in [-0.15, -0.1) is 0 Å². The number of hydrogen-bond acceptors (Lipinski definition) is 4. The van der Waals surface area contributed by atoms with Crippen LogP contribution in [0.1, 0.15) is 25.7 Å². The topological polar surface area (TPSA) is 90.2 Å². The SMILES string of the molecule is N#CCS(=O)(=O)NCC1(O)CCCC1. The first-order valence-electron chi connectivity index (χ1n) is 4.54. The Morgan fingerprint density at radius 3 is 2.50 bits per heavy atom. The van der Waals surface area contributed by atoms with E-state index in [1.54, 1.807) is 6.07 Å². The van der Waals surface area contributed by atoms with Gasteiger partial charge in [-0.3, -0.25) is 0 Å². The Labute approximate surface area is 83.8 Å². The number of sulfonamides is 1. The van der Waals surface area contributed by atoms with Crippen molar-refractivity contribution < 1.29 is 13.5 Å². The van der Waals surface area contributed by atoms with Crippen molar-refractivity contribution >= 4 is 10.0 Å². The zero-order valence-electron chi connectivity index (χ0n) is 7.86. The fraction of sp³-hybridized carbons (Fsp3) is 0.875. The van der Waals surface area contributed by atoms with E-state index in [4.69, 9.17) is 5.26 Å². The van der Waals surface area contributed by atoms with Gasteiger partial charge in [-0.05, 0) is 12.8 Å². The van der Waals surface area contributed by atoms with E-state index in [2.05, 4.69) is 4.72 Å². The molecule has 0 spiro atoms. The van der Waals surface area contributed by atoms with E-state index < -0.39 is 21.4 Å². The van der Waals surface area contributed by atoms with E-state index in [9.17, 15) is 13.5 Å². The van der Waals surface area contributed by atoms with E-state index in [1.807, 2.05) is 0 Å². The molecule has 80 valence electrons. The van der Waals surface area contributed by atoms with Gasteiger partial charge in [0.15, 0.2) is 5.75 Å². The summed E-state index contributed by atoms with van der Waals surface area (Å²) in [6.07, 6.45) is 3.11. The lowest BCUT2D eigenvalue weighted by Gasteiger charge is -2.21. The highest BCUT2D eigenvalue weighted by Crippen LogP contribution is 2.28. The van der Waals surface area contributed by atoms with E-state index >= 15 is 0 Å². The van der Waals surface area contributed by atoms with Crippen LogP contribution in [0.5, 0.6) is 0 Å². The van der Waals surface area contributed by atoms with Gasteiger partial charge in [0.05, 0.1) is 11.7 Å². The summed E-state index contributed by atoms with van der Waals surface area (Å²) in [5.41, 5.74) is -0.900. The molecule has 0 amide bonds. The Morgan fingerprint density at radius 2 is 2.00 bits per heavy atom. The Balaban J connectivity index is 2.44. The Hall–Kier alpha value is -0.640. The number of aliphatic hydroxyl groups is 1. The summed E-state index contributed by atoms with van der Waals surface area (Å²) in [6, 6.07) is 1.56. The van der Waals surface area contributed by atoms with Gasteiger partial charge in [0.2, 0.25) is 10.0 Å². The molecular formula is C8H14N2O3S. The molecule has 5 nitrogen and oxygen atoms in total. The molecule has 1 rings (SSSR count). The summed E-state index contributed by atoms with van der Waals surface area (Å²) in [5, 5.41) is 18.0. The number of hydrogen-bond donors (Lipinski definition) is 2. The summed E-state index contributed by atoms with van der Waals surface area (Å²) in [6.45, 7) is 0.0248. The molecule has 1 fully saturated rings. The third kappa shape index (κ3) is 3.25. The van der Waals surface area contributed by atoms with Crippen LogP contribution in [0.3, 0.4) is 0 Å². The molecule has 0 aromatic rings. The maximum absolute atomic E-state index is 11.1. The van der Waals surface area contributed by atoms with Crippen LogP contribution in [0.15, 0.2) is 0 Å². The Bertz CT molecular complexity index is 325. The van der Waals surface area contributed by atoms with Crippen LogP contribution >= 0.6 is 0 Å². The highest BCUT2D eigenvalue weighted by Gasteiger charge is 2.32. The molecule has 6 heteroatoms. The standard InChI is InChI=1S/C8H14N2O3S/c9-5-6-14(12,13)10-7-8(11)3-1-2-4-8/h10-11H,1-4,6-7H2. The average molecular weight is 218 g/mol. The minimum Gasteiger partial charge on any atom is -0.389 e. The first-order valence-corrected chi connectivity index (χ1v) is 6.19. The molecule has 0 aromatic heterocycles. The van der Waals surface area contributed by atoms with Crippen molar-refractivity contribution in [1.29, 1.82) is 5.26 Å². The first kappa shape index (κ1) is 11.4. The van der Waals surface area contributed by atoms with E-state index in [0.717, 1.165) is 12.8 Å². The lowest BCUT2D eigenvalue weighted by molar-refractivity contribution is 0.0532. The number of rotatable bonds is 4. The molecule has 2 N–H and O–H groups in total. The quantitative estimate of drug-likeness (QED) is 0.680. The first-order chi connectivity index (χ1) is 6.47. The van der Waals surface area contributed by atoms with Crippen molar-refractivity contribution in [3.63, 3.8) is 0 Å². The molecule has 0 radical (unpaired) electrons. The van der Waals surface area contributed by atoms with Gasteiger partial charge in [0.25, 0.3) is 0 Å². The molecular weight excluding hydrogens is 204 g/mol. The molecule has 0 atom stereocenters. The number of nitrogens with one attached hydrogen (secondary N) is 1. The highest BCUT2D eigenvalue weighted by atomic mass is 32.2. The third-order valence-electron chi connectivity index (χ3n) is 2.41. The van der Waals surface area contributed by atoms with Crippen LogP contribution in [0, 0.1) is 11.3 Å². The van der Waals surface area contributed by atoms with Gasteiger partial charge in [0, 0.05) is 6.54 Å². The van der Waals surface area contributed by atoms with Gasteiger partial charge in [-0.1, -0.05) is 12.8 Å². The van der Waals surface area contributed by atoms with Crippen molar-refractivity contribution in [3.05, 3.63) is 0 Å². The maximum atomic E-state index is 11.1. The van der Waals surface area contributed by atoms with Gasteiger partial charge < -0.3 is 5.11 Å². The van der Waals surface area contributed by atoms with Gasteiger partial charge >= 0.3 is 0 Å². The molecule has 1 aliphatic carbocycles. The van der Waals surface area contributed by atoms with Gasteiger partial charge in [-0.2, -0.15) is 5.26 Å². The number of nitrogens with zero attached hydrogens (tertiary/aromatic N) is 1. The fourth-order valence-corrected chi connectivity index (χ4v) is 2.35. The monoisotopic (exact) mass is 218 g/mol. The van der Waals surface area contributed by atoms with Crippen LogP contribution in [0.4, 0.5) is 0 Å². The summed E-state index contributed by atoms with van der Waals surface area (Å²) in [5.74, 6) is -0.553. The normalized spacial score (nSPS) is 20.6. The second-order valence-corrected chi connectivity index (χ2v) is 5.48. The fourth-order valence-electron chi connectivity index (χ4n) is 1.59.